The number of rotatable bonds is 9. The van der Waals surface area contributed by atoms with Crippen LogP contribution >= 0.6 is 0 Å². The predicted octanol–water partition coefficient (Wildman–Crippen LogP) is 5.82. The minimum atomic E-state index is -5.27. The monoisotopic (exact) mass is 609 g/mol. The molecule has 1 aliphatic heterocycles. The lowest BCUT2D eigenvalue weighted by Gasteiger charge is -2.40. The lowest BCUT2D eigenvalue weighted by Crippen LogP contribution is -2.58. The van der Waals surface area contributed by atoms with Crippen LogP contribution < -0.4 is 19.9 Å². The zero-order valence-electron chi connectivity index (χ0n) is 23.9. The van der Waals surface area contributed by atoms with Crippen LogP contribution in [0.5, 0.6) is 11.5 Å². The van der Waals surface area contributed by atoms with Gasteiger partial charge in [0.05, 0.1) is 37.3 Å². The minimum Gasteiger partial charge on any atom is -0.497 e. The Kier molecular flexibility index (Phi) is 8.75. The molecule has 2 amide bonds. The van der Waals surface area contributed by atoms with Gasteiger partial charge in [0.1, 0.15) is 18.1 Å². The number of carbonyl (C=O) groups excluding carboxylic acids is 2. The lowest BCUT2D eigenvalue weighted by atomic mass is 9.86. The first-order valence-corrected chi connectivity index (χ1v) is 13.7. The summed E-state index contributed by atoms with van der Waals surface area (Å²) in [4.78, 5) is 30.5. The van der Waals surface area contributed by atoms with E-state index in [4.69, 9.17) is 14.2 Å². The summed E-state index contributed by atoms with van der Waals surface area (Å²) in [6.07, 6.45) is -6.81. The summed E-state index contributed by atoms with van der Waals surface area (Å²) in [7, 11) is 1.50. The number of hydrogen-bond acceptors (Lipinski definition) is 7. The summed E-state index contributed by atoms with van der Waals surface area (Å²) < 4.78 is 59.2. The number of carbonyl (C=O) groups is 2. The van der Waals surface area contributed by atoms with E-state index in [1.54, 1.807) is 24.3 Å². The molecule has 44 heavy (non-hydrogen) atoms. The first-order valence-electron chi connectivity index (χ1n) is 13.7. The van der Waals surface area contributed by atoms with Crippen LogP contribution in [0.1, 0.15) is 35.8 Å². The molecule has 1 fully saturated rings. The topological polar surface area (TPSA) is 110 Å². The first kappa shape index (κ1) is 30.8. The number of para-hydroxylation sites is 1. The third-order valence-corrected chi connectivity index (χ3v) is 7.56. The number of aromatic nitrogens is 1. The fraction of sp³-hybridized carbons (Fsp3) is 0.281. The van der Waals surface area contributed by atoms with Crippen molar-refractivity contribution in [3.8, 4) is 11.5 Å². The number of alkyl halides is 3. The maximum absolute atomic E-state index is 14.1. The quantitative estimate of drug-likeness (QED) is 0.182. The summed E-state index contributed by atoms with van der Waals surface area (Å²) in [6.45, 7) is 1.65. The van der Waals surface area contributed by atoms with Crippen LogP contribution in [0, 0.1) is 6.92 Å². The Bertz CT molecular complexity index is 1650. The van der Waals surface area contributed by atoms with Crippen LogP contribution in [0.15, 0.2) is 78.9 Å². The Morgan fingerprint density at radius 1 is 1.07 bits per heavy atom. The van der Waals surface area contributed by atoms with E-state index in [1.807, 2.05) is 37.3 Å². The highest BCUT2D eigenvalue weighted by atomic mass is 19.4. The predicted molar refractivity (Wildman–Crippen MR) is 154 cm³/mol. The van der Waals surface area contributed by atoms with Gasteiger partial charge < -0.3 is 14.2 Å². The molecule has 2 unspecified atom stereocenters. The molecule has 1 aliphatic rings. The SMILES string of the molecule is COc1ccc(C2CC(CC(=O)NO)(N(C(=O)C(F)(F)F)c3ccc(OCc4cc(C)nc5ccccc45)cc3)CO2)cc1. The van der Waals surface area contributed by atoms with E-state index in [2.05, 4.69) is 4.98 Å². The molecule has 12 heteroatoms. The van der Waals surface area contributed by atoms with Gasteiger partial charge in [-0.3, -0.25) is 24.7 Å². The van der Waals surface area contributed by atoms with Crippen molar-refractivity contribution in [1.82, 2.24) is 10.5 Å². The maximum Gasteiger partial charge on any atom is 0.471 e. The van der Waals surface area contributed by atoms with Crippen molar-refractivity contribution < 1.29 is 42.2 Å². The van der Waals surface area contributed by atoms with Crippen molar-refractivity contribution in [1.29, 1.82) is 0 Å². The molecule has 1 aromatic heterocycles. The van der Waals surface area contributed by atoms with E-state index in [9.17, 15) is 28.0 Å². The number of ether oxygens (including phenoxy) is 3. The van der Waals surface area contributed by atoms with Crippen molar-refractivity contribution >= 4 is 28.4 Å². The number of aryl methyl sites for hydroxylation is 1. The van der Waals surface area contributed by atoms with Gasteiger partial charge >= 0.3 is 12.1 Å². The third-order valence-electron chi connectivity index (χ3n) is 7.56. The van der Waals surface area contributed by atoms with Crippen molar-refractivity contribution in [3.05, 3.63) is 95.7 Å². The number of halogens is 3. The molecule has 230 valence electrons. The number of hydroxylamine groups is 1. The van der Waals surface area contributed by atoms with Gasteiger partial charge in [0.15, 0.2) is 0 Å². The van der Waals surface area contributed by atoms with Gasteiger partial charge in [-0.2, -0.15) is 13.2 Å². The summed E-state index contributed by atoms with van der Waals surface area (Å²) >= 11 is 0. The average molecular weight is 610 g/mol. The Hall–Kier alpha value is -4.68. The first-order chi connectivity index (χ1) is 21.0. The molecule has 0 saturated carbocycles. The minimum absolute atomic E-state index is 0.116. The second kappa shape index (κ2) is 12.5. The van der Waals surface area contributed by atoms with Gasteiger partial charge in [0.25, 0.3) is 0 Å². The largest absolute Gasteiger partial charge is 0.497 e. The molecule has 2 heterocycles. The standard InChI is InChI=1S/C32H30F3N3O6/c1-20-15-22(26-5-3-4-6-27(26)36-20)18-43-25-13-9-23(10-14-25)38(30(40)32(33,34)35)31(17-29(39)37-41)16-28(44-19-31)21-7-11-24(42-2)12-8-21/h3-15,28,41H,16-19H2,1-2H3,(H,37,39). The van der Waals surface area contributed by atoms with Crippen LogP contribution in [0.25, 0.3) is 10.9 Å². The van der Waals surface area contributed by atoms with Gasteiger partial charge in [-0.15, -0.1) is 0 Å². The number of pyridine rings is 1. The van der Waals surface area contributed by atoms with Gasteiger partial charge in [0, 0.05) is 28.8 Å². The van der Waals surface area contributed by atoms with E-state index in [0.29, 0.717) is 22.0 Å². The molecule has 0 bridgehead atoms. The molecule has 0 spiro atoms. The number of anilines is 1. The maximum atomic E-state index is 14.1. The van der Waals surface area contributed by atoms with E-state index in [0.717, 1.165) is 22.2 Å². The average Bonchev–Trinajstić information content (AvgIpc) is 3.44. The molecular weight excluding hydrogens is 579 g/mol. The van der Waals surface area contributed by atoms with Gasteiger partial charge in [0.2, 0.25) is 5.91 Å². The Labute approximate surface area is 251 Å². The summed E-state index contributed by atoms with van der Waals surface area (Å²) in [5.74, 6) is -2.22. The molecular formula is C32H30F3N3O6. The van der Waals surface area contributed by atoms with E-state index < -0.39 is 42.7 Å². The van der Waals surface area contributed by atoms with Crippen LogP contribution in [0.2, 0.25) is 0 Å². The fourth-order valence-electron chi connectivity index (χ4n) is 5.55. The third kappa shape index (κ3) is 6.46. The van der Waals surface area contributed by atoms with Gasteiger partial charge in [-0.1, -0.05) is 30.3 Å². The molecule has 3 aromatic carbocycles. The van der Waals surface area contributed by atoms with Crippen LogP contribution in [0.4, 0.5) is 18.9 Å². The molecule has 1 saturated heterocycles. The van der Waals surface area contributed by atoms with Crippen LogP contribution in [0.3, 0.4) is 0 Å². The highest BCUT2D eigenvalue weighted by molar-refractivity contribution is 5.99. The summed E-state index contributed by atoms with van der Waals surface area (Å²) in [5.41, 5.74) is 2.71. The molecule has 5 rings (SSSR count). The smallest absolute Gasteiger partial charge is 0.471 e. The molecule has 2 atom stereocenters. The van der Waals surface area contributed by atoms with E-state index >= 15 is 0 Å². The highest BCUT2D eigenvalue weighted by Crippen LogP contribution is 2.45. The van der Waals surface area contributed by atoms with Gasteiger partial charge in [-0.25, -0.2) is 5.48 Å². The number of nitrogens with one attached hydrogen (secondary N) is 1. The Balaban J connectivity index is 1.45. The Morgan fingerprint density at radius 2 is 1.75 bits per heavy atom. The molecule has 2 N–H and O–H groups in total. The molecule has 0 aliphatic carbocycles. The van der Waals surface area contributed by atoms with Crippen molar-refractivity contribution in [2.75, 3.05) is 18.6 Å². The number of hydrogen-bond donors (Lipinski definition) is 2. The van der Waals surface area contributed by atoms with Crippen LogP contribution in [-0.2, 0) is 20.9 Å². The normalized spacial score (nSPS) is 18.2. The zero-order valence-corrected chi connectivity index (χ0v) is 23.9. The van der Waals surface area contributed by atoms with Gasteiger partial charge in [-0.05, 0) is 61.0 Å². The summed E-state index contributed by atoms with van der Waals surface area (Å²) in [6, 6.07) is 21.8. The van der Waals surface area contributed by atoms with Crippen molar-refractivity contribution in [2.45, 2.75) is 44.2 Å². The zero-order chi connectivity index (χ0) is 31.5. The van der Waals surface area contributed by atoms with Crippen molar-refractivity contribution in [3.63, 3.8) is 0 Å². The molecule has 0 radical (unpaired) electrons. The Morgan fingerprint density at radius 3 is 2.41 bits per heavy atom. The highest BCUT2D eigenvalue weighted by Gasteiger charge is 2.55. The summed E-state index contributed by atoms with van der Waals surface area (Å²) in [5, 5.41) is 10.2. The number of amides is 2. The molecule has 9 nitrogen and oxygen atoms in total. The second-order valence-corrected chi connectivity index (χ2v) is 10.6. The second-order valence-electron chi connectivity index (χ2n) is 10.6. The van der Waals surface area contributed by atoms with Crippen molar-refractivity contribution in [2.24, 2.45) is 0 Å². The number of fused-ring (bicyclic) bond motifs is 1. The van der Waals surface area contributed by atoms with E-state index in [1.165, 1.54) is 36.9 Å². The lowest BCUT2D eigenvalue weighted by molar-refractivity contribution is -0.172. The number of benzene rings is 3. The number of methoxy groups -OCH3 is 1. The number of nitrogens with zero attached hydrogens (tertiary/aromatic N) is 2. The van der Waals surface area contributed by atoms with Crippen LogP contribution in [-0.4, -0.2) is 47.4 Å². The molecule has 4 aromatic rings. The van der Waals surface area contributed by atoms with E-state index in [-0.39, 0.29) is 18.7 Å². The fourth-order valence-corrected chi connectivity index (χ4v) is 5.55.